The SMILES string of the molecule is CCOC(=O)CCN(C)c1ncc([N+](=O)[O-])s1. The van der Waals surface area contributed by atoms with Crippen molar-refractivity contribution in [3.63, 3.8) is 0 Å². The second kappa shape index (κ2) is 6.14. The van der Waals surface area contributed by atoms with E-state index in [0.717, 1.165) is 11.3 Å². The zero-order valence-corrected chi connectivity index (χ0v) is 10.4. The van der Waals surface area contributed by atoms with E-state index in [4.69, 9.17) is 4.74 Å². The van der Waals surface area contributed by atoms with Crippen LogP contribution in [0.5, 0.6) is 0 Å². The van der Waals surface area contributed by atoms with Crippen LogP contribution in [0.25, 0.3) is 0 Å². The zero-order chi connectivity index (χ0) is 12.8. The molecule has 0 saturated carbocycles. The molecule has 0 saturated heterocycles. The lowest BCUT2D eigenvalue weighted by Gasteiger charge is -2.14. The Kier molecular flexibility index (Phi) is 4.83. The van der Waals surface area contributed by atoms with Crippen LogP contribution in [0.2, 0.25) is 0 Å². The number of rotatable bonds is 6. The number of carbonyl (C=O) groups is 1. The van der Waals surface area contributed by atoms with E-state index in [9.17, 15) is 14.9 Å². The van der Waals surface area contributed by atoms with Gasteiger partial charge in [-0.1, -0.05) is 0 Å². The molecular formula is C9H13N3O4S. The van der Waals surface area contributed by atoms with Crippen molar-refractivity contribution < 1.29 is 14.5 Å². The molecule has 94 valence electrons. The molecule has 0 atom stereocenters. The molecule has 0 aromatic carbocycles. The van der Waals surface area contributed by atoms with Crippen molar-refractivity contribution in [3.8, 4) is 0 Å². The highest BCUT2D eigenvalue weighted by Gasteiger charge is 2.15. The van der Waals surface area contributed by atoms with E-state index in [-0.39, 0.29) is 17.4 Å². The van der Waals surface area contributed by atoms with Gasteiger partial charge in [-0.25, -0.2) is 4.98 Å². The average molecular weight is 259 g/mol. The fraction of sp³-hybridized carbons (Fsp3) is 0.556. The lowest BCUT2D eigenvalue weighted by Crippen LogP contribution is -2.21. The van der Waals surface area contributed by atoms with Crippen LogP contribution in [0.4, 0.5) is 10.1 Å². The monoisotopic (exact) mass is 259 g/mol. The van der Waals surface area contributed by atoms with Crippen molar-refractivity contribution in [1.29, 1.82) is 0 Å². The van der Waals surface area contributed by atoms with E-state index in [1.54, 1.807) is 18.9 Å². The number of anilines is 1. The summed E-state index contributed by atoms with van der Waals surface area (Å²) in [5, 5.41) is 11.0. The fourth-order valence-corrected chi connectivity index (χ4v) is 1.82. The van der Waals surface area contributed by atoms with Gasteiger partial charge in [0, 0.05) is 13.6 Å². The summed E-state index contributed by atoms with van der Waals surface area (Å²) in [5.41, 5.74) is 0. The van der Waals surface area contributed by atoms with Crippen LogP contribution in [0.1, 0.15) is 13.3 Å². The van der Waals surface area contributed by atoms with E-state index in [1.807, 2.05) is 0 Å². The van der Waals surface area contributed by atoms with Gasteiger partial charge in [-0.2, -0.15) is 0 Å². The minimum atomic E-state index is -0.486. The van der Waals surface area contributed by atoms with Crippen LogP contribution in [-0.2, 0) is 9.53 Å². The molecule has 0 spiro atoms. The predicted octanol–water partition coefficient (Wildman–Crippen LogP) is 1.44. The van der Waals surface area contributed by atoms with Gasteiger partial charge in [0.2, 0.25) is 0 Å². The molecule has 0 N–H and O–H groups in total. The van der Waals surface area contributed by atoms with Crippen molar-refractivity contribution >= 4 is 27.4 Å². The Labute approximate surface area is 102 Å². The van der Waals surface area contributed by atoms with Crippen molar-refractivity contribution in [2.45, 2.75) is 13.3 Å². The molecule has 0 unspecified atom stereocenters. The fourth-order valence-electron chi connectivity index (χ4n) is 1.11. The quantitative estimate of drug-likeness (QED) is 0.436. The first-order valence-electron chi connectivity index (χ1n) is 5.01. The number of ether oxygens (including phenoxy) is 1. The van der Waals surface area contributed by atoms with Crippen molar-refractivity contribution in [2.75, 3.05) is 25.1 Å². The third kappa shape index (κ3) is 3.99. The number of nitro groups is 1. The Morgan fingerprint density at radius 2 is 2.41 bits per heavy atom. The Balaban J connectivity index is 2.49. The molecule has 0 amide bonds. The molecule has 17 heavy (non-hydrogen) atoms. The Morgan fingerprint density at radius 1 is 1.71 bits per heavy atom. The molecule has 0 aliphatic carbocycles. The lowest BCUT2D eigenvalue weighted by atomic mass is 10.4. The van der Waals surface area contributed by atoms with E-state index < -0.39 is 4.92 Å². The first-order valence-corrected chi connectivity index (χ1v) is 5.83. The van der Waals surface area contributed by atoms with Gasteiger partial charge in [-0.3, -0.25) is 14.9 Å². The van der Waals surface area contributed by atoms with Crippen LogP contribution < -0.4 is 4.90 Å². The predicted molar refractivity (Wildman–Crippen MR) is 63.3 cm³/mol. The van der Waals surface area contributed by atoms with Gasteiger partial charge in [0.15, 0.2) is 5.13 Å². The third-order valence-electron chi connectivity index (χ3n) is 1.94. The number of hydrogen-bond acceptors (Lipinski definition) is 7. The Morgan fingerprint density at radius 3 is 2.94 bits per heavy atom. The van der Waals surface area contributed by atoms with Gasteiger partial charge < -0.3 is 9.64 Å². The molecule has 0 radical (unpaired) electrons. The van der Waals surface area contributed by atoms with Crippen LogP contribution >= 0.6 is 11.3 Å². The summed E-state index contributed by atoms with van der Waals surface area (Å²) < 4.78 is 4.78. The molecule has 1 aromatic heterocycles. The van der Waals surface area contributed by atoms with Gasteiger partial charge in [-0.05, 0) is 18.3 Å². The van der Waals surface area contributed by atoms with Crippen LogP contribution in [0, 0.1) is 10.1 Å². The second-order valence-electron chi connectivity index (χ2n) is 3.21. The van der Waals surface area contributed by atoms with Crippen LogP contribution in [0.3, 0.4) is 0 Å². The van der Waals surface area contributed by atoms with Gasteiger partial charge in [0.25, 0.3) is 0 Å². The third-order valence-corrected chi connectivity index (χ3v) is 3.01. The molecule has 1 rings (SSSR count). The number of carbonyl (C=O) groups excluding carboxylic acids is 1. The first kappa shape index (κ1) is 13.4. The molecule has 0 aliphatic heterocycles. The summed E-state index contributed by atoms with van der Waals surface area (Å²) in [7, 11) is 1.72. The standard InChI is InChI=1S/C9H13N3O4S/c1-3-16-8(13)4-5-11(2)9-10-6-7(17-9)12(14)15/h6H,3-5H2,1-2H3. The minimum absolute atomic E-state index is 0.0111. The summed E-state index contributed by atoms with van der Waals surface area (Å²) in [5.74, 6) is -0.287. The second-order valence-corrected chi connectivity index (χ2v) is 4.20. The maximum absolute atomic E-state index is 11.1. The Hall–Kier alpha value is -1.70. The number of hydrogen-bond donors (Lipinski definition) is 0. The van der Waals surface area contributed by atoms with Crippen LogP contribution in [0.15, 0.2) is 6.20 Å². The van der Waals surface area contributed by atoms with E-state index in [1.165, 1.54) is 6.20 Å². The highest BCUT2D eigenvalue weighted by atomic mass is 32.1. The summed E-state index contributed by atoms with van der Waals surface area (Å²) in [6.07, 6.45) is 1.44. The van der Waals surface area contributed by atoms with Gasteiger partial charge in [0.1, 0.15) is 6.20 Å². The van der Waals surface area contributed by atoms with E-state index in [0.29, 0.717) is 18.3 Å². The molecule has 1 aromatic rings. The van der Waals surface area contributed by atoms with E-state index in [2.05, 4.69) is 4.98 Å². The van der Waals surface area contributed by atoms with Crippen molar-refractivity contribution in [2.24, 2.45) is 0 Å². The highest BCUT2D eigenvalue weighted by molar-refractivity contribution is 7.18. The molecule has 8 heteroatoms. The van der Waals surface area contributed by atoms with Gasteiger partial charge in [0.05, 0.1) is 18.0 Å². The Bertz CT molecular complexity index is 407. The van der Waals surface area contributed by atoms with Crippen molar-refractivity contribution in [3.05, 3.63) is 16.3 Å². The minimum Gasteiger partial charge on any atom is -0.466 e. The number of thiazole rings is 1. The first-order chi connectivity index (χ1) is 8.04. The normalized spacial score (nSPS) is 10.0. The largest absolute Gasteiger partial charge is 0.466 e. The highest BCUT2D eigenvalue weighted by Crippen LogP contribution is 2.27. The lowest BCUT2D eigenvalue weighted by molar-refractivity contribution is -0.380. The molecule has 1 heterocycles. The molecule has 0 aliphatic rings. The maximum Gasteiger partial charge on any atom is 0.345 e. The average Bonchev–Trinajstić information content (AvgIpc) is 2.75. The smallest absolute Gasteiger partial charge is 0.345 e. The molecule has 0 fully saturated rings. The van der Waals surface area contributed by atoms with E-state index >= 15 is 0 Å². The number of nitrogens with zero attached hydrogens (tertiary/aromatic N) is 3. The zero-order valence-electron chi connectivity index (χ0n) is 9.58. The molecule has 0 bridgehead atoms. The number of aromatic nitrogens is 1. The van der Waals surface area contributed by atoms with Gasteiger partial charge >= 0.3 is 11.0 Å². The topological polar surface area (TPSA) is 85.6 Å². The molecular weight excluding hydrogens is 246 g/mol. The maximum atomic E-state index is 11.1. The summed E-state index contributed by atoms with van der Waals surface area (Å²) >= 11 is 0.978. The number of esters is 1. The van der Waals surface area contributed by atoms with Gasteiger partial charge in [-0.15, -0.1) is 0 Å². The molecule has 7 nitrogen and oxygen atoms in total. The van der Waals surface area contributed by atoms with Crippen molar-refractivity contribution in [1.82, 2.24) is 4.98 Å². The summed E-state index contributed by atoms with van der Waals surface area (Å²) in [6, 6.07) is 0. The summed E-state index contributed by atoms with van der Waals surface area (Å²) in [4.78, 5) is 26.7. The summed E-state index contributed by atoms with van der Waals surface area (Å²) in [6.45, 7) is 2.51. The van der Waals surface area contributed by atoms with Crippen LogP contribution in [-0.4, -0.2) is 36.1 Å².